The molecule has 6 heteroatoms. The Kier molecular flexibility index (Phi) is 7.05. The summed E-state index contributed by atoms with van der Waals surface area (Å²) in [4.78, 5) is 29.6. The van der Waals surface area contributed by atoms with Crippen molar-refractivity contribution >= 4 is 11.9 Å². The summed E-state index contributed by atoms with van der Waals surface area (Å²) >= 11 is 0. The summed E-state index contributed by atoms with van der Waals surface area (Å²) in [7, 11) is 0. The predicted molar refractivity (Wildman–Crippen MR) is 95.5 cm³/mol. The molecule has 1 atom stereocenters. The van der Waals surface area contributed by atoms with Crippen molar-refractivity contribution in [3.63, 3.8) is 0 Å². The number of amides is 1. The van der Waals surface area contributed by atoms with Gasteiger partial charge in [0.05, 0.1) is 12.7 Å². The monoisotopic (exact) mass is 350 g/mol. The molecule has 1 saturated heterocycles. The highest BCUT2D eigenvalue weighted by molar-refractivity contribution is 5.90. The molecule has 0 spiro atoms. The molecule has 2 rings (SSSR count). The predicted octanol–water partition coefficient (Wildman–Crippen LogP) is 3.12. The molecule has 0 aliphatic carbocycles. The van der Waals surface area contributed by atoms with Gasteiger partial charge in [-0.05, 0) is 51.2 Å². The molecule has 1 N–H and O–H groups in total. The van der Waals surface area contributed by atoms with Gasteiger partial charge in [0, 0.05) is 31.8 Å². The van der Waals surface area contributed by atoms with E-state index in [2.05, 4.69) is 4.98 Å². The summed E-state index contributed by atoms with van der Waals surface area (Å²) in [5.74, 6) is -0.212. The zero-order valence-electron chi connectivity index (χ0n) is 15.8. The van der Waals surface area contributed by atoms with E-state index in [4.69, 9.17) is 9.47 Å². The van der Waals surface area contributed by atoms with Crippen LogP contribution in [0.4, 0.5) is 0 Å². The molecule has 1 amide bonds. The Morgan fingerprint density at radius 2 is 2.08 bits per heavy atom. The quantitative estimate of drug-likeness (QED) is 0.731. The molecule has 1 aromatic rings. The minimum absolute atomic E-state index is 0.116. The molecule has 1 aliphatic rings. The number of aromatic amines is 1. The van der Waals surface area contributed by atoms with Gasteiger partial charge in [-0.2, -0.15) is 0 Å². The highest BCUT2D eigenvalue weighted by Gasteiger charge is 2.25. The summed E-state index contributed by atoms with van der Waals surface area (Å²) in [6, 6.07) is 0. The molecule has 0 saturated carbocycles. The van der Waals surface area contributed by atoms with Crippen LogP contribution in [-0.4, -0.2) is 47.6 Å². The largest absolute Gasteiger partial charge is 0.461 e. The van der Waals surface area contributed by atoms with Gasteiger partial charge in [0.25, 0.3) is 0 Å². The molecule has 2 heterocycles. The van der Waals surface area contributed by atoms with Crippen LogP contribution >= 0.6 is 0 Å². The average Bonchev–Trinajstić information content (AvgIpc) is 3.17. The number of carbonyl (C=O) groups is 2. The Bertz CT molecular complexity index is 603. The Morgan fingerprint density at radius 1 is 1.32 bits per heavy atom. The number of aryl methyl sites for hydroxylation is 1. The molecule has 1 fully saturated rings. The molecule has 0 aromatic carbocycles. The van der Waals surface area contributed by atoms with E-state index in [0.29, 0.717) is 31.8 Å². The van der Waals surface area contributed by atoms with E-state index in [0.717, 1.165) is 42.7 Å². The van der Waals surface area contributed by atoms with Crippen molar-refractivity contribution < 1.29 is 19.1 Å². The van der Waals surface area contributed by atoms with Crippen molar-refractivity contribution in [2.75, 3.05) is 19.8 Å². The number of nitrogens with one attached hydrogen (secondary N) is 1. The van der Waals surface area contributed by atoms with E-state index in [1.54, 1.807) is 6.92 Å². The highest BCUT2D eigenvalue weighted by Crippen LogP contribution is 2.23. The second kappa shape index (κ2) is 9.04. The van der Waals surface area contributed by atoms with Crippen LogP contribution in [0, 0.1) is 13.8 Å². The van der Waals surface area contributed by atoms with E-state index >= 15 is 0 Å². The van der Waals surface area contributed by atoms with E-state index in [9.17, 15) is 9.59 Å². The van der Waals surface area contributed by atoms with Crippen LogP contribution in [-0.2, 0) is 20.8 Å². The van der Waals surface area contributed by atoms with E-state index in [1.165, 1.54) is 0 Å². The lowest BCUT2D eigenvalue weighted by Gasteiger charge is -2.26. The van der Waals surface area contributed by atoms with Gasteiger partial charge < -0.3 is 19.4 Å². The molecule has 140 valence electrons. The number of ether oxygens (including phenoxy) is 2. The first-order chi connectivity index (χ1) is 12.0. The van der Waals surface area contributed by atoms with E-state index < -0.39 is 0 Å². The van der Waals surface area contributed by atoms with Crippen LogP contribution in [0.1, 0.15) is 66.8 Å². The van der Waals surface area contributed by atoms with Gasteiger partial charge in [0.1, 0.15) is 5.69 Å². The summed E-state index contributed by atoms with van der Waals surface area (Å²) in [6.07, 6.45) is 3.51. The summed E-state index contributed by atoms with van der Waals surface area (Å²) in [6.45, 7) is 9.84. The van der Waals surface area contributed by atoms with Crippen molar-refractivity contribution in [3.8, 4) is 0 Å². The average molecular weight is 350 g/mol. The molecule has 6 nitrogen and oxygen atoms in total. The normalized spacial score (nSPS) is 16.9. The lowest BCUT2D eigenvalue weighted by atomic mass is 10.1. The fourth-order valence-corrected chi connectivity index (χ4v) is 3.28. The van der Waals surface area contributed by atoms with Crippen molar-refractivity contribution in [1.29, 1.82) is 0 Å². The van der Waals surface area contributed by atoms with E-state index in [1.807, 2.05) is 25.7 Å². The fourth-order valence-electron chi connectivity index (χ4n) is 3.28. The van der Waals surface area contributed by atoms with Crippen LogP contribution in [0.15, 0.2) is 0 Å². The molecule has 0 radical (unpaired) electrons. The summed E-state index contributed by atoms with van der Waals surface area (Å²) < 4.78 is 10.8. The lowest BCUT2D eigenvalue weighted by molar-refractivity contribution is -0.133. The maximum atomic E-state index is 12.6. The molecular weight excluding hydrogens is 320 g/mol. The summed E-state index contributed by atoms with van der Waals surface area (Å²) in [5, 5.41) is 0. The van der Waals surface area contributed by atoms with Crippen LogP contribution in [0.3, 0.4) is 0 Å². The van der Waals surface area contributed by atoms with Gasteiger partial charge in [-0.3, -0.25) is 4.79 Å². The third kappa shape index (κ3) is 4.84. The fraction of sp³-hybridized carbons (Fsp3) is 0.684. The minimum atomic E-state index is -0.347. The smallest absolute Gasteiger partial charge is 0.355 e. The second-order valence-electron chi connectivity index (χ2n) is 6.61. The molecular formula is C19H30N2O4. The third-order valence-electron chi connectivity index (χ3n) is 4.69. The maximum absolute atomic E-state index is 12.6. The van der Waals surface area contributed by atoms with Gasteiger partial charge in [-0.1, -0.05) is 6.92 Å². The first-order valence-electron chi connectivity index (χ1n) is 9.22. The molecule has 25 heavy (non-hydrogen) atoms. The maximum Gasteiger partial charge on any atom is 0.355 e. The zero-order valence-corrected chi connectivity index (χ0v) is 15.8. The topological polar surface area (TPSA) is 71.6 Å². The zero-order chi connectivity index (χ0) is 18.4. The van der Waals surface area contributed by atoms with Crippen molar-refractivity contribution in [1.82, 2.24) is 9.88 Å². The Balaban J connectivity index is 2.19. The SMILES string of the molecule is CCCC(=O)N(Cc1c(C)[nH]c(C(=O)OCC)c1C)C[C@H]1CCCO1. The Hall–Kier alpha value is -1.82. The first kappa shape index (κ1) is 19.5. The van der Waals surface area contributed by atoms with Gasteiger partial charge in [-0.15, -0.1) is 0 Å². The van der Waals surface area contributed by atoms with Gasteiger partial charge in [0.2, 0.25) is 5.91 Å². The van der Waals surface area contributed by atoms with Crippen molar-refractivity contribution in [2.45, 2.75) is 66.0 Å². The molecule has 1 aliphatic heterocycles. The number of hydrogen-bond donors (Lipinski definition) is 1. The summed E-state index contributed by atoms with van der Waals surface area (Å²) in [5.41, 5.74) is 3.24. The number of aromatic nitrogens is 1. The van der Waals surface area contributed by atoms with Crippen LogP contribution in [0.5, 0.6) is 0 Å². The van der Waals surface area contributed by atoms with Crippen LogP contribution < -0.4 is 0 Å². The number of nitrogens with zero attached hydrogens (tertiary/aromatic N) is 1. The number of carbonyl (C=O) groups excluding carboxylic acids is 2. The van der Waals surface area contributed by atoms with Crippen LogP contribution in [0.25, 0.3) is 0 Å². The second-order valence-corrected chi connectivity index (χ2v) is 6.61. The highest BCUT2D eigenvalue weighted by atomic mass is 16.5. The molecule has 0 unspecified atom stereocenters. The Labute approximate surface area is 149 Å². The minimum Gasteiger partial charge on any atom is -0.461 e. The van der Waals surface area contributed by atoms with Gasteiger partial charge in [0.15, 0.2) is 0 Å². The number of hydrogen-bond acceptors (Lipinski definition) is 4. The Morgan fingerprint density at radius 3 is 2.68 bits per heavy atom. The number of H-pyrrole nitrogens is 1. The van der Waals surface area contributed by atoms with Gasteiger partial charge >= 0.3 is 5.97 Å². The standard InChI is InChI=1S/C19H30N2O4/c1-5-8-17(22)21(11-15-9-7-10-25-15)12-16-13(3)18(20-14(16)4)19(23)24-6-2/h15,20H,5-12H2,1-4H3/t15-/m1/s1. The molecule has 0 bridgehead atoms. The van der Waals surface area contributed by atoms with E-state index in [-0.39, 0.29) is 18.0 Å². The molecule has 1 aromatic heterocycles. The van der Waals surface area contributed by atoms with Crippen LogP contribution in [0.2, 0.25) is 0 Å². The third-order valence-corrected chi connectivity index (χ3v) is 4.69. The van der Waals surface area contributed by atoms with Crippen molar-refractivity contribution in [3.05, 3.63) is 22.5 Å². The van der Waals surface area contributed by atoms with Gasteiger partial charge in [-0.25, -0.2) is 4.79 Å². The van der Waals surface area contributed by atoms with Crippen molar-refractivity contribution in [2.24, 2.45) is 0 Å². The first-order valence-corrected chi connectivity index (χ1v) is 9.22. The number of esters is 1. The number of rotatable bonds is 8. The lowest BCUT2D eigenvalue weighted by Crippen LogP contribution is -2.37.